The third-order valence-electron chi connectivity index (χ3n) is 3.23. The van der Waals surface area contributed by atoms with Crippen molar-refractivity contribution in [2.75, 3.05) is 11.9 Å². The summed E-state index contributed by atoms with van der Waals surface area (Å²) in [5.41, 5.74) is 1.27. The molecule has 0 radical (unpaired) electrons. The topological polar surface area (TPSA) is 85.2 Å². The Kier molecular flexibility index (Phi) is 6.23. The highest BCUT2D eigenvalue weighted by Gasteiger charge is 2.10. The molecule has 0 aliphatic carbocycles. The van der Waals surface area contributed by atoms with Gasteiger partial charge in [0.2, 0.25) is 0 Å². The molecule has 0 bridgehead atoms. The van der Waals surface area contributed by atoms with Crippen molar-refractivity contribution in [1.29, 1.82) is 5.26 Å². The summed E-state index contributed by atoms with van der Waals surface area (Å²) in [4.78, 5) is 12.0. The summed E-state index contributed by atoms with van der Waals surface area (Å²) in [5, 5.41) is 24.8. The number of aromatic hydroxyl groups is 1. The van der Waals surface area contributed by atoms with Crippen molar-refractivity contribution < 1.29 is 9.90 Å². The Morgan fingerprint density at radius 1 is 1.21 bits per heavy atom. The van der Waals surface area contributed by atoms with E-state index in [0.717, 1.165) is 12.0 Å². The van der Waals surface area contributed by atoms with Crippen molar-refractivity contribution in [2.24, 2.45) is 0 Å². The van der Waals surface area contributed by atoms with Gasteiger partial charge in [-0.05, 0) is 36.2 Å². The molecule has 122 valence electrons. The predicted octanol–water partition coefficient (Wildman–Crippen LogP) is 3.22. The standard InChI is InChI=1S/C18H16ClN3O2/c19-15-7-5-13(6-8-15)9-10-21-12-14(11-20)18(24)22-16-3-1-2-4-17(16)23/h1-8,12,21,23H,9-10H2,(H,22,24)/b14-12-. The summed E-state index contributed by atoms with van der Waals surface area (Å²) in [5.74, 6) is -0.642. The number of nitrogens with one attached hydrogen (secondary N) is 2. The molecule has 0 atom stereocenters. The third kappa shape index (κ3) is 5.04. The van der Waals surface area contributed by atoms with E-state index in [9.17, 15) is 9.90 Å². The number of para-hydroxylation sites is 2. The average Bonchev–Trinajstić information content (AvgIpc) is 2.58. The highest BCUT2D eigenvalue weighted by Crippen LogP contribution is 2.21. The van der Waals surface area contributed by atoms with Crippen molar-refractivity contribution in [3.63, 3.8) is 0 Å². The number of benzene rings is 2. The highest BCUT2D eigenvalue weighted by molar-refractivity contribution is 6.30. The number of halogens is 1. The number of amides is 1. The summed E-state index contributed by atoms with van der Waals surface area (Å²) >= 11 is 5.82. The van der Waals surface area contributed by atoms with Gasteiger partial charge in [-0.1, -0.05) is 35.9 Å². The molecular formula is C18H16ClN3O2. The summed E-state index contributed by atoms with van der Waals surface area (Å²) in [7, 11) is 0. The normalized spacial score (nSPS) is 10.8. The van der Waals surface area contributed by atoms with Gasteiger partial charge in [0.05, 0.1) is 5.69 Å². The fourth-order valence-corrected chi connectivity index (χ4v) is 2.09. The van der Waals surface area contributed by atoms with Crippen molar-refractivity contribution in [2.45, 2.75) is 6.42 Å². The number of hydrogen-bond donors (Lipinski definition) is 3. The first kappa shape index (κ1) is 17.4. The molecule has 0 spiro atoms. The van der Waals surface area contributed by atoms with Gasteiger partial charge in [-0.2, -0.15) is 5.26 Å². The molecule has 0 heterocycles. The second-order valence-corrected chi connectivity index (χ2v) is 5.41. The van der Waals surface area contributed by atoms with Gasteiger partial charge >= 0.3 is 0 Å². The lowest BCUT2D eigenvalue weighted by Gasteiger charge is -2.07. The van der Waals surface area contributed by atoms with Crippen molar-refractivity contribution in [3.8, 4) is 11.8 Å². The number of carbonyl (C=O) groups is 1. The second kappa shape index (κ2) is 8.61. The Balaban J connectivity index is 1.89. The Morgan fingerprint density at radius 3 is 2.58 bits per heavy atom. The fourth-order valence-electron chi connectivity index (χ4n) is 1.96. The zero-order valence-corrected chi connectivity index (χ0v) is 13.5. The van der Waals surface area contributed by atoms with Crippen LogP contribution in [0.2, 0.25) is 5.02 Å². The van der Waals surface area contributed by atoms with Gasteiger partial charge in [-0.3, -0.25) is 4.79 Å². The first-order valence-electron chi connectivity index (χ1n) is 7.27. The van der Waals surface area contributed by atoms with Crippen LogP contribution in [0.15, 0.2) is 60.3 Å². The SMILES string of the molecule is N#C/C(=C/NCCc1ccc(Cl)cc1)C(=O)Nc1ccccc1O. The fraction of sp³-hybridized carbons (Fsp3) is 0.111. The van der Waals surface area contributed by atoms with Gasteiger partial charge in [0, 0.05) is 17.8 Å². The van der Waals surface area contributed by atoms with E-state index in [0.29, 0.717) is 11.6 Å². The lowest BCUT2D eigenvalue weighted by atomic mass is 10.1. The largest absolute Gasteiger partial charge is 0.506 e. The molecule has 5 nitrogen and oxygen atoms in total. The van der Waals surface area contributed by atoms with Gasteiger partial charge < -0.3 is 15.7 Å². The zero-order chi connectivity index (χ0) is 17.4. The van der Waals surface area contributed by atoms with Crippen LogP contribution < -0.4 is 10.6 Å². The molecule has 2 rings (SSSR count). The van der Waals surface area contributed by atoms with Gasteiger partial charge in [0.15, 0.2) is 0 Å². The van der Waals surface area contributed by atoms with Crippen LogP contribution in [0, 0.1) is 11.3 Å². The van der Waals surface area contributed by atoms with Crippen LogP contribution in [0.5, 0.6) is 5.75 Å². The molecule has 0 fully saturated rings. The Hall–Kier alpha value is -2.97. The van der Waals surface area contributed by atoms with E-state index < -0.39 is 5.91 Å². The lowest BCUT2D eigenvalue weighted by molar-refractivity contribution is -0.112. The van der Waals surface area contributed by atoms with E-state index in [1.165, 1.54) is 12.3 Å². The molecule has 0 saturated heterocycles. The first-order valence-corrected chi connectivity index (χ1v) is 7.65. The van der Waals surface area contributed by atoms with E-state index in [-0.39, 0.29) is 17.0 Å². The summed E-state index contributed by atoms with van der Waals surface area (Å²) in [6, 6.07) is 15.6. The number of nitrogens with zero attached hydrogens (tertiary/aromatic N) is 1. The molecule has 24 heavy (non-hydrogen) atoms. The molecule has 0 unspecified atom stereocenters. The van der Waals surface area contributed by atoms with E-state index in [1.54, 1.807) is 18.2 Å². The number of phenols is 1. The predicted molar refractivity (Wildman–Crippen MR) is 93.6 cm³/mol. The Bertz CT molecular complexity index is 780. The minimum Gasteiger partial charge on any atom is -0.506 e. The van der Waals surface area contributed by atoms with E-state index in [1.807, 2.05) is 30.3 Å². The quantitative estimate of drug-likeness (QED) is 0.326. The maximum atomic E-state index is 12.0. The smallest absolute Gasteiger partial charge is 0.267 e. The maximum Gasteiger partial charge on any atom is 0.267 e. The van der Waals surface area contributed by atoms with Crippen molar-refractivity contribution in [3.05, 3.63) is 70.9 Å². The van der Waals surface area contributed by atoms with Crippen LogP contribution in [0.25, 0.3) is 0 Å². The number of rotatable bonds is 6. The third-order valence-corrected chi connectivity index (χ3v) is 3.49. The Labute approximate surface area is 145 Å². The van der Waals surface area contributed by atoms with Crippen LogP contribution >= 0.6 is 11.6 Å². The van der Waals surface area contributed by atoms with Crippen LogP contribution in [0.3, 0.4) is 0 Å². The van der Waals surface area contributed by atoms with Crippen LogP contribution in [-0.2, 0) is 11.2 Å². The molecule has 3 N–H and O–H groups in total. The number of nitriles is 1. The van der Waals surface area contributed by atoms with E-state index in [2.05, 4.69) is 10.6 Å². The van der Waals surface area contributed by atoms with Crippen molar-refractivity contribution >= 4 is 23.2 Å². The first-order chi connectivity index (χ1) is 11.6. The molecule has 0 aromatic heterocycles. The Morgan fingerprint density at radius 2 is 1.92 bits per heavy atom. The number of carbonyl (C=O) groups excluding carboxylic acids is 1. The molecule has 0 aliphatic rings. The van der Waals surface area contributed by atoms with Crippen LogP contribution in [0.1, 0.15) is 5.56 Å². The highest BCUT2D eigenvalue weighted by atomic mass is 35.5. The molecule has 0 aliphatic heterocycles. The van der Waals surface area contributed by atoms with Gasteiger partial charge in [0.25, 0.3) is 5.91 Å². The number of hydrogen-bond acceptors (Lipinski definition) is 4. The monoisotopic (exact) mass is 341 g/mol. The van der Waals surface area contributed by atoms with Gasteiger partial charge in [0.1, 0.15) is 17.4 Å². The summed E-state index contributed by atoms with van der Waals surface area (Å²) < 4.78 is 0. The second-order valence-electron chi connectivity index (χ2n) is 4.97. The summed E-state index contributed by atoms with van der Waals surface area (Å²) in [6.07, 6.45) is 2.10. The minimum absolute atomic E-state index is 0.0566. The van der Waals surface area contributed by atoms with E-state index >= 15 is 0 Å². The molecule has 1 amide bonds. The molecular weight excluding hydrogens is 326 g/mol. The van der Waals surface area contributed by atoms with Crippen LogP contribution in [-0.4, -0.2) is 17.6 Å². The summed E-state index contributed by atoms with van der Waals surface area (Å²) in [6.45, 7) is 0.566. The average molecular weight is 342 g/mol. The van der Waals surface area contributed by atoms with Gasteiger partial charge in [-0.25, -0.2) is 0 Å². The minimum atomic E-state index is -0.585. The van der Waals surface area contributed by atoms with E-state index in [4.69, 9.17) is 16.9 Å². The molecule has 6 heteroatoms. The van der Waals surface area contributed by atoms with Crippen LogP contribution in [0.4, 0.5) is 5.69 Å². The number of phenolic OH excluding ortho intramolecular Hbond substituents is 1. The lowest BCUT2D eigenvalue weighted by Crippen LogP contribution is -2.18. The zero-order valence-electron chi connectivity index (χ0n) is 12.8. The van der Waals surface area contributed by atoms with Crippen molar-refractivity contribution in [1.82, 2.24) is 5.32 Å². The molecule has 0 saturated carbocycles. The van der Waals surface area contributed by atoms with Gasteiger partial charge in [-0.15, -0.1) is 0 Å². The number of anilines is 1. The molecule has 2 aromatic rings. The molecule has 2 aromatic carbocycles. The maximum absolute atomic E-state index is 12.0.